The number of nitro groups is 1. The second kappa shape index (κ2) is 5.87. The van der Waals surface area contributed by atoms with Crippen LogP contribution in [0.2, 0.25) is 0 Å². The maximum atomic E-state index is 12.2. The second-order valence-electron chi connectivity index (χ2n) is 5.96. The number of hydrogen-bond acceptors (Lipinski definition) is 5. The van der Waals surface area contributed by atoms with E-state index in [1.54, 1.807) is 0 Å². The van der Waals surface area contributed by atoms with E-state index in [-0.39, 0.29) is 35.0 Å². The third-order valence-corrected chi connectivity index (χ3v) is 4.66. The molecule has 0 N–H and O–H groups in total. The van der Waals surface area contributed by atoms with Crippen LogP contribution in [0.15, 0.2) is 24.3 Å². The van der Waals surface area contributed by atoms with E-state index in [2.05, 4.69) is 0 Å². The molecule has 2 aliphatic rings. The molecule has 116 valence electrons. The average Bonchev–Trinajstić information content (AvgIpc) is 2.50. The number of ketones is 1. The minimum atomic E-state index is -0.517. The van der Waals surface area contributed by atoms with Gasteiger partial charge < -0.3 is 4.74 Å². The minimum absolute atomic E-state index is 0.0699. The predicted octanol–water partition coefficient (Wildman–Crippen LogP) is 2.90. The molecule has 0 radical (unpaired) electrons. The van der Waals surface area contributed by atoms with Crippen LogP contribution in [-0.4, -0.2) is 22.8 Å². The fourth-order valence-corrected chi connectivity index (χ4v) is 3.46. The van der Waals surface area contributed by atoms with Crippen molar-refractivity contribution >= 4 is 17.4 Å². The number of esters is 1. The standard InChI is InChI=1S/C16H17NO5/c18-15-10-2-1-3-13(15)14(9-6-10)22-16(19)11-4-7-12(8-5-11)17(20)21/h4-5,7-8,10,13-14H,1-3,6,9H2. The molecule has 1 aromatic carbocycles. The second-order valence-corrected chi connectivity index (χ2v) is 5.96. The zero-order valence-corrected chi connectivity index (χ0v) is 12.1. The Bertz CT molecular complexity index is 609. The molecule has 3 unspecified atom stereocenters. The summed E-state index contributed by atoms with van der Waals surface area (Å²) in [6, 6.07) is 5.32. The maximum Gasteiger partial charge on any atom is 0.338 e. The van der Waals surface area contributed by atoms with Gasteiger partial charge in [-0.3, -0.25) is 14.9 Å². The summed E-state index contributed by atoms with van der Waals surface area (Å²) in [6.07, 6.45) is 3.90. The van der Waals surface area contributed by atoms with Crippen molar-refractivity contribution in [3.05, 3.63) is 39.9 Å². The predicted molar refractivity (Wildman–Crippen MR) is 77.4 cm³/mol. The summed E-state index contributed by atoms with van der Waals surface area (Å²) in [5.41, 5.74) is 0.204. The molecule has 0 aromatic heterocycles. The lowest BCUT2D eigenvalue weighted by Crippen LogP contribution is -2.43. The van der Waals surface area contributed by atoms with Gasteiger partial charge in [-0.2, -0.15) is 0 Å². The van der Waals surface area contributed by atoms with Gasteiger partial charge >= 0.3 is 5.97 Å². The first-order valence-electron chi connectivity index (χ1n) is 7.55. The van der Waals surface area contributed by atoms with Crippen molar-refractivity contribution < 1.29 is 19.2 Å². The fraction of sp³-hybridized carbons (Fsp3) is 0.500. The Morgan fingerprint density at radius 3 is 2.55 bits per heavy atom. The Kier molecular flexibility index (Phi) is 3.92. The highest BCUT2D eigenvalue weighted by Gasteiger charge is 2.42. The number of carbonyl (C=O) groups excluding carboxylic acids is 2. The lowest BCUT2D eigenvalue weighted by molar-refractivity contribution is -0.384. The number of hydrogen-bond donors (Lipinski definition) is 0. The van der Waals surface area contributed by atoms with E-state index < -0.39 is 10.9 Å². The Hall–Kier alpha value is -2.24. The molecule has 6 nitrogen and oxygen atoms in total. The normalized spacial score (nSPS) is 27.3. The van der Waals surface area contributed by atoms with E-state index in [1.165, 1.54) is 24.3 Å². The van der Waals surface area contributed by atoms with Gasteiger partial charge in [-0.05, 0) is 37.8 Å². The number of non-ortho nitro benzene ring substituents is 1. The van der Waals surface area contributed by atoms with Crippen LogP contribution in [0.3, 0.4) is 0 Å². The Morgan fingerprint density at radius 1 is 1.14 bits per heavy atom. The quantitative estimate of drug-likeness (QED) is 0.487. The number of nitrogens with zero attached hydrogens (tertiary/aromatic N) is 1. The van der Waals surface area contributed by atoms with Gasteiger partial charge in [0.1, 0.15) is 11.9 Å². The minimum Gasteiger partial charge on any atom is -0.458 e. The summed E-state index contributed by atoms with van der Waals surface area (Å²) in [4.78, 5) is 34.4. The largest absolute Gasteiger partial charge is 0.458 e. The number of nitro benzene ring substituents is 1. The van der Waals surface area contributed by atoms with Crippen LogP contribution in [-0.2, 0) is 9.53 Å². The lowest BCUT2D eigenvalue weighted by atomic mass is 9.70. The number of Topliss-reactive ketones (excluding diaryl/α,β-unsaturated/α-hetero) is 1. The van der Waals surface area contributed by atoms with E-state index in [9.17, 15) is 19.7 Å². The molecule has 2 fully saturated rings. The third kappa shape index (κ3) is 2.73. The molecule has 1 aromatic rings. The van der Waals surface area contributed by atoms with Gasteiger partial charge in [0.05, 0.1) is 16.4 Å². The molecule has 3 rings (SSSR count). The Balaban J connectivity index is 1.68. The number of fused-ring (bicyclic) bond motifs is 2. The molecular weight excluding hydrogens is 286 g/mol. The molecule has 2 saturated carbocycles. The summed E-state index contributed by atoms with van der Waals surface area (Å²) in [5.74, 6) is -0.307. The molecule has 2 bridgehead atoms. The van der Waals surface area contributed by atoms with Gasteiger partial charge in [0.15, 0.2) is 0 Å². The van der Waals surface area contributed by atoms with Crippen LogP contribution in [0, 0.1) is 22.0 Å². The Morgan fingerprint density at radius 2 is 1.86 bits per heavy atom. The Labute approximate surface area is 127 Å². The molecule has 0 spiro atoms. The van der Waals surface area contributed by atoms with Crippen molar-refractivity contribution in [3.8, 4) is 0 Å². The summed E-state index contributed by atoms with van der Waals surface area (Å²) in [7, 11) is 0. The van der Waals surface area contributed by atoms with Crippen molar-refractivity contribution in [2.24, 2.45) is 11.8 Å². The highest BCUT2D eigenvalue weighted by Crippen LogP contribution is 2.38. The highest BCUT2D eigenvalue weighted by molar-refractivity contribution is 5.91. The fourth-order valence-electron chi connectivity index (χ4n) is 3.46. The van der Waals surface area contributed by atoms with Crippen LogP contribution in [0.1, 0.15) is 42.5 Å². The monoisotopic (exact) mass is 303 g/mol. The first kappa shape index (κ1) is 14.7. The van der Waals surface area contributed by atoms with Crippen molar-refractivity contribution in [3.63, 3.8) is 0 Å². The van der Waals surface area contributed by atoms with Gasteiger partial charge in [0, 0.05) is 18.1 Å². The summed E-state index contributed by atoms with van der Waals surface area (Å²) >= 11 is 0. The topological polar surface area (TPSA) is 86.5 Å². The summed E-state index contributed by atoms with van der Waals surface area (Å²) in [6.45, 7) is 0. The van der Waals surface area contributed by atoms with Crippen LogP contribution in [0.25, 0.3) is 0 Å². The van der Waals surface area contributed by atoms with E-state index >= 15 is 0 Å². The lowest BCUT2D eigenvalue weighted by Gasteiger charge is -2.38. The molecule has 0 aliphatic heterocycles. The highest BCUT2D eigenvalue weighted by atomic mass is 16.6. The van der Waals surface area contributed by atoms with E-state index in [4.69, 9.17) is 4.74 Å². The van der Waals surface area contributed by atoms with E-state index in [1.807, 2.05) is 0 Å². The van der Waals surface area contributed by atoms with Crippen LogP contribution < -0.4 is 0 Å². The molecule has 6 heteroatoms. The van der Waals surface area contributed by atoms with Crippen LogP contribution in [0.4, 0.5) is 5.69 Å². The van der Waals surface area contributed by atoms with Gasteiger partial charge in [0.25, 0.3) is 5.69 Å². The van der Waals surface area contributed by atoms with E-state index in [0.717, 1.165) is 32.1 Å². The molecule has 0 heterocycles. The molecule has 2 aliphatic carbocycles. The number of ether oxygens (including phenoxy) is 1. The summed E-state index contributed by atoms with van der Waals surface area (Å²) < 4.78 is 5.50. The van der Waals surface area contributed by atoms with Gasteiger partial charge in [0.2, 0.25) is 0 Å². The van der Waals surface area contributed by atoms with Crippen LogP contribution in [0.5, 0.6) is 0 Å². The number of benzene rings is 1. The maximum absolute atomic E-state index is 12.2. The van der Waals surface area contributed by atoms with Crippen molar-refractivity contribution in [2.75, 3.05) is 0 Å². The molecule has 3 atom stereocenters. The number of carbonyl (C=O) groups is 2. The molecular formula is C16H17NO5. The van der Waals surface area contributed by atoms with Crippen molar-refractivity contribution in [1.82, 2.24) is 0 Å². The van der Waals surface area contributed by atoms with Crippen molar-refractivity contribution in [2.45, 2.75) is 38.2 Å². The zero-order valence-electron chi connectivity index (χ0n) is 12.1. The van der Waals surface area contributed by atoms with Crippen LogP contribution >= 0.6 is 0 Å². The first-order valence-corrected chi connectivity index (χ1v) is 7.55. The number of rotatable bonds is 3. The van der Waals surface area contributed by atoms with Crippen molar-refractivity contribution in [1.29, 1.82) is 0 Å². The SMILES string of the molecule is O=C(OC1CCC2CCCC1C2=O)c1ccc([N+](=O)[O-])cc1. The zero-order chi connectivity index (χ0) is 15.7. The van der Waals surface area contributed by atoms with Gasteiger partial charge in [-0.25, -0.2) is 4.79 Å². The first-order chi connectivity index (χ1) is 10.6. The van der Waals surface area contributed by atoms with Gasteiger partial charge in [-0.15, -0.1) is 0 Å². The smallest absolute Gasteiger partial charge is 0.338 e. The van der Waals surface area contributed by atoms with E-state index in [0.29, 0.717) is 0 Å². The third-order valence-electron chi connectivity index (χ3n) is 4.66. The molecule has 0 saturated heterocycles. The average molecular weight is 303 g/mol. The molecule has 22 heavy (non-hydrogen) atoms. The summed E-state index contributed by atoms with van der Waals surface area (Å²) in [5, 5.41) is 10.6. The molecule has 0 amide bonds. The van der Waals surface area contributed by atoms with Gasteiger partial charge in [-0.1, -0.05) is 6.42 Å².